The van der Waals surface area contributed by atoms with E-state index >= 15 is 0 Å². The minimum atomic E-state index is -0.514. The largest absolute Gasteiger partial charge is 0.493 e. The predicted octanol–water partition coefficient (Wildman–Crippen LogP) is 3.68. The van der Waals surface area contributed by atoms with Crippen LogP contribution in [0.4, 0.5) is 15.9 Å². The summed E-state index contributed by atoms with van der Waals surface area (Å²) < 4.78 is 28.6. The van der Waals surface area contributed by atoms with E-state index in [0.717, 1.165) is 0 Å². The van der Waals surface area contributed by atoms with Crippen LogP contribution in [0.15, 0.2) is 45.5 Å². The molecule has 1 amide bonds. The molecule has 3 aromatic rings. The van der Waals surface area contributed by atoms with Crippen LogP contribution in [0.25, 0.3) is 0 Å². The van der Waals surface area contributed by atoms with Crippen molar-refractivity contribution in [2.75, 3.05) is 24.9 Å². The molecule has 1 heterocycles. The van der Waals surface area contributed by atoms with Crippen LogP contribution in [0.5, 0.6) is 11.5 Å². The normalized spacial score (nSPS) is 10.3. The quantitative estimate of drug-likeness (QED) is 0.376. The number of benzene rings is 2. The highest BCUT2D eigenvalue weighted by Crippen LogP contribution is 2.28. The molecular weight excluding hydrogens is 449 g/mol. The molecule has 0 aliphatic heterocycles. The Bertz CT molecular complexity index is 1070. The number of hydrogen-bond donors (Lipinski definition) is 3. The summed E-state index contributed by atoms with van der Waals surface area (Å²) in [4.78, 5) is 12.5. The number of aromatic nitrogens is 2. The number of ether oxygens (including phenoxy) is 2. The molecule has 0 saturated heterocycles. The van der Waals surface area contributed by atoms with Crippen molar-refractivity contribution in [2.24, 2.45) is 0 Å². The van der Waals surface area contributed by atoms with E-state index in [2.05, 4.69) is 41.5 Å². The maximum absolute atomic E-state index is 13.4. The van der Waals surface area contributed by atoms with Crippen LogP contribution in [0.3, 0.4) is 0 Å². The maximum atomic E-state index is 13.4. The summed E-state index contributed by atoms with van der Waals surface area (Å²) in [5.41, 5.74) is 0.682. The van der Waals surface area contributed by atoms with E-state index in [4.69, 9.17) is 14.9 Å². The lowest BCUT2D eigenvalue weighted by Gasteiger charge is -2.10. The van der Waals surface area contributed by atoms with E-state index in [0.29, 0.717) is 17.2 Å². The van der Waals surface area contributed by atoms with Crippen LogP contribution in [0.1, 0.15) is 16.1 Å². The minimum absolute atomic E-state index is 0.0284. The van der Waals surface area contributed by atoms with Gasteiger partial charge in [0.1, 0.15) is 5.82 Å². The maximum Gasteiger partial charge on any atom is 0.257 e. The first-order valence-electron chi connectivity index (χ1n) is 8.10. The van der Waals surface area contributed by atoms with Crippen molar-refractivity contribution in [3.63, 3.8) is 0 Å². The molecule has 150 valence electrons. The van der Waals surface area contributed by atoms with E-state index in [1.807, 2.05) is 0 Å². The second-order valence-corrected chi connectivity index (χ2v) is 6.47. The van der Waals surface area contributed by atoms with Crippen molar-refractivity contribution >= 4 is 39.2 Å². The van der Waals surface area contributed by atoms with Crippen LogP contribution in [0.2, 0.25) is 0 Å². The van der Waals surface area contributed by atoms with Gasteiger partial charge in [0.15, 0.2) is 23.0 Å². The lowest BCUT2D eigenvalue weighted by atomic mass is 10.2. The average molecular weight is 464 g/mol. The molecule has 2 aromatic carbocycles. The molecule has 0 radical (unpaired) electrons. The Kier molecular flexibility index (Phi) is 6.07. The number of amidine groups is 1. The molecular formula is C18H15BrFN5O4. The highest BCUT2D eigenvalue weighted by atomic mass is 79.9. The summed E-state index contributed by atoms with van der Waals surface area (Å²) in [6.07, 6.45) is 0. The van der Waals surface area contributed by atoms with Crippen molar-refractivity contribution in [2.45, 2.75) is 0 Å². The Hall–Kier alpha value is -3.47. The van der Waals surface area contributed by atoms with Crippen LogP contribution in [0, 0.1) is 11.2 Å². The molecule has 1 aromatic heterocycles. The second-order valence-electron chi connectivity index (χ2n) is 5.61. The first-order valence-corrected chi connectivity index (χ1v) is 8.89. The van der Waals surface area contributed by atoms with Gasteiger partial charge in [-0.2, -0.15) is 0 Å². The Morgan fingerprint density at radius 1 is 1.10 bits per heavy atom. The second kappa shape index (κ2) is 8.69. The summed E-state index contributed by atoms with van der Waals surface area (Å²) in [5.74, 6) is -0.344. The van der Waals surface area contributed by atoms with Gasteiger partial charge in [-0.05, 0) is 62.6 Å². The van der Waals surface area contributed by atoms with Gasteiger partial charge in [0.05, 0.1) is 18.7 Å². The first-order chi connectivity index (χ1) is 13.9. The highest BCUT2D eigenvalue weighted by molar-refractivity contribution is 9.10. The lowest BCUT2D eigenvalue weighted by molar-refractivity contribution is 0.102. The van der Waals surface area contributed by atoms with Gasteiger partial charge in [-0.15, -0.1) is 0 Å². The summed E-state index contributed by atoms with van der Waals surface area (Å²) in [5, 5.41) is 20.7. The lowest BCUT2D eigenvalue weighted by Crippen LogP contribution is -2.18. The zero-order valence-electron chi connectivity index (χ0n) is 15.2. The molecule has 0 fully saturated rings. The Morgan fingerprint density at radius 3 is 2.55 bits per heavy atom. The van der Waals surface area contributed by atoms with Gasteiger partial charge in [0.25, 0.3) is 5.91 Å². The summed E-state index contributed by atoms with van der Waals surface area (Å²) >= 11 is 3.07. The number of nitrogens with zero attached hydrogens (tertiary/aromatic N) is 2. The van der Waals surface area contributed by atoms with Crippen molar-refractivity contribution < 1.29 is 23.3 Å². The number of methoxy groups -OCH3 is 2. The number of carbonyl (C=O) groups excluding carboxylic acids is 1. The number of carbonyl (C=O) groups is 1. The Balaban J connectivity index is 1.76. The van der Waals surface area contributed by atoms with Gasteiger partial charge >= 0.3 is 0 Å². The predicted molar refractivity (Wildman–Crippen MR) is 106 cm³/mol. The highest BCUT2D eigenvalue weighted by Gasteiger charge is 2.19. The van der Waals surface area contributed by atoms with E-state index in [9.17, 15) is 9.18 Å². The molecule has 3 rings (SSSR count). The SMILES string of the molecule is COc1ccc(C(=O)Nc2nonc2C(=N)Nc2ccc(F)c(Br)c2)cc1OC. The molecule has 0 aliphatic carbocycles. The number of nitrogens with one attached hydrogen (secondary N) is 3. The van der Waals surface area contributed by atoms with E-state index in [1.54, 1.807) is 12.1 Å². The van der Waals surface area contributed by atoms with Crippen molar-refractivity contribution in [1.82, 2.24) is 10.3 Å². The zero-order chi connectivity index (χ0) is 21.0. The standard InChI is InChI=1S/C18H15BrFN5O4/c1-27-13-6-3-9(7-14(13)28-2)18(26)23-17-15(24-29-25-17)16(21)22-10-4-5-12(20)11(19)8-10/h3-8H,1-2H3,(H2,21,22)(H,23,25,26). The summed E-state index contributed by atoms with van der Waals surface area (Å²) in [6.45, 7) is 0. The van der Waals surface area contributed by atoms with Crippen molar-refractivity contribution in [1.29, 1.82) is 5.41 Å². The first kappa shape index (κ1) is 20.3. The molecule has 3 N–H and O–H groups in total. The van der Waals surface area contributed by atoms with E-state index < -0.39 is 11.7 Å². The van der Waals surface area contributed by atoms with Crippen LogP contribution in [-0.4, -0.2) is 36.3 Å². The third kappa shape index (κ3) is 4.51. The van der Waals surface area contributed by atoms with Crippen LogP contribution >= 0.6 is 15.9 Å². The molecule has 0 aliphatic rings. The topological polar surface area (TPSA) is 122 Å². The molecule has 0 unspecified atom stereocenters. The van der Waals surface area contributed by atoms with Crippen molar-refractivity contribution in [3.8, 4) is 11.5 Å². The number of rotatable bonds is 6. The average Bonchev–Trinajstić information content (AvgIpc) is 3.18. The third-order valence-electron chi connectivity index (χ3n) is 3.79. The number of hydrogen-bond acceptors (Lipinski definition) is 7. The van der Waals surface area contributed by atoms with Gasteiger partial charge in [0, 0.05) is 11.3 Å². The molecule has 0 bridgehead atoms. The molecule has 9 nitrogen and oxygen atoms in total. The van der Waals surface area contributed by atoms with Gasteiger partial charge in [-0.25, -0.2) is 9.02 Å². The van der Waals surface area contributed by atoms with Gasteiger partial charge < -0.3 is 20.1 Å². The van der Waals surface area contributed by atoms with E-state index in [-0.39, 0.29) is 27.4 Å². The fourth-order valence-electron chi connectivity index (χ4n) is 2.37. The van der Waals surface area contributed by atoms with Crippen LogP contribution in [-0.2, 0) is 0 Å². The number of halogens is 2. The fourth-order valence-corrected chi connectivity index (χ4v) is 2.75. The summed E-state index contributed by atoms with van der Waals surface area (Å²) in [6, 6.07) is 8.78. The molecule has 11 heteroatoms. The smallest absolute Gasteiger partial charge is 0.257 e. The van der Waals surface area contributed by atoms with Gasteiger partial charge in [-0.1, -0.05) is 0 Å². The Labute approximate surface area is 172 Å². The molecule has 29 heavy (non-hydrogen) atoms. The molecule has 0 saturated carbocycles. The van der Waals surface area contributed by atoms with Gasteiger partial charge in [-0.3, -0.25) is 10.2 Å². The van der Waals surface area contributed by atoms with Gasteiger partial charge in [0.2, 0.25) is 5.82 Å². The van der Waals surface area contributed by atoms with Crippen molar-refractivity contribution in [3.05, 3.63) is 57.9 Å². The number of amides is 1. The zero-order valence-corrected chi connectivity index (χ0v) is 16.8. The number of anilines is 2. The molecule has 0 atom stereocenters. The fraction of sp³-hybridized carbons (Fsp3) is 0.111. The monoisotopic (exact) mass is 463 g/mol. The van der Waals surface area contributed by atoms with E-state index in [1.165, 1.54) is 38.5 Å². The minimum Gasteiger partial charge on any atom is -0.493 e. The summed E-state index contributed by atoms with van der Waals surface area (Å²) in [7, 11) is 2.95. The van der Waals surface area contributed by atoms with Crippen LogP contribution < -0.4 is 20.1 Å². The third-order valence-corrected chi connectivity index (χ3v) is 4.40. The Morgan fingerprint density at radius 2 is 1.86 bits per heavy atom. The molecule has 0 spiro atoms.